The van der Waals surface area contributed by atoms with E-state index in [1.165, 1.54) is 28.1 Å². The van der Waals surface area contributed by atoms with Gasteiger partial charge < -0.3 is 0 Å². The molecule has 0 aliphatic heterocycles. The van der Waals surface area contributed by atoms with Crippen molar-refractivity contribution in [3.63, 3.8) is 0 Å². The summed E-state index contributed by atoms with van der Waals surface area (Å²) in [5.74, 6) is 0.287. The van der Waals surface area contributed by atoms with Gasteiger partial charge in [-0.1, -0.05) is 84.9 Å². The van der Waals surface area contributed by atoms with Gasteiger partial charge in [0.25, 0.3) is 0 Å². The molecule has 0 fully saturated rings. The van der Waals surface area contributed by atoms with Gasteiger partial charge in [-0.3, -0.25) is 13.8 Å². The number of aryl methyl sites for hydroxylation is 1. The first-order chi connectivity index (χ1) is 17.7. The number of carbonyl (C=O) groups excluding carboxylic acids is 1. The lowest BCUT2D eigenvalue weighted by molar-refractivity contribution is -0.118. The number of carbonyl (C=O) groups is 1. The maximum Gasteiger partial charge on any atom is 0.137 e. The van der Waals surface area contributed by atoms with Crippen molar-refractivity contribution in [2.45, 2.75) is 32.4 Å². The fraction of sp³-hybridized carbons (Fsp3) is 0.265. The predicted octanol–water partition coefficient (Wildman–Crippen LogP) is 6.97. The van der Waals surface area contributed by atoms with Gasteiger partial charge in [-0.25, -0.2) is 0 Å². The first-order valence-corrected chi connectivity index (χ1v) is 13.2. The van der Waals surface area contributed by atoms with Gasteiger partial charge in [0.15, 0.2) is 0 Å². The molecular formula is C34H40N2O+2. The molecule has 3 nitrogen and oxygen atoms in total. The highest BCUT2D eigenvalue weighted by molar-refractivity contribution is 5.81. The minimum absolute atomic E-state index is 0.287. The molecular weight excluding hydrogens is 452 g/mol. The summed E-state index contributed by atoms with van der Waals surface area (Å²) in [6, 6.07) is 38.5. The maximum atomic E-state index is 12.7. The molecule has 0 unspecified atom stereocenters. The molecule has 0 saturated heterocycles. The predicted molar refractivity (Wildman–Crippen MR) is 157 cm³/mol. The second kappa shape index (κ2) is 11.7. The topological polar surface area (TPSA) is 17.1 Å². The third kappa shape index (κ3) is 7.48. The molecule has 0 radical (unpaired) electrons. The molecule has 4 aromatic carbocycles. The fourth-order valence-electron chi connectivity index (χ4n) is 4.95. The van der Waals surface area contributed by atoms with Crippen molar-refractivity contribution in [1.29, 1.82) is 0 Å². The fourth-order valence-corrected chi connectivity index (χ4v) is 4.95. The van der Waals surface area contributed by atoms with E-state index in [0.29, 0.717) is 12.8 Å². The van der Waals surface area contributed by atoms with Crippen LogP contribution in [-0.4, -0.2) is 34.0 Å². The Balaban J connectivity index is 1.28. The number of nitrogens with zero attached hydrogens (tertiary/aromatic N) is 2. The Kier molecular flexibility index (Phi) is 8.38. The molecule has 4 rings (SSSR count). The molecule has 37 heavy (non-hydrogen) atoms. The number of hydrogen-bond acceptors (Lipinski definition) is 1. The van der Waals surface area contributed by atoms with Gasteiger partial charge in [0, 0.05) is 24.0 Å². The summed E-state index contributed by atoms with van der Waals surface area (Å²) < 4.78 is 1.56. The molecule has 0 saturated carbocycles. The molecule has 0 N–H and O–H groups in total. The van der Waals surface area contributed by atoms with Crippen LogP contribution in [0.25, 0.3) is 0 Å². The summed E-state index contributed by atoms with van der Waals surface area (Å²) in [4.78, 5) is 12.7. The van der Waals surface area contributed by atoms with E-state index in [-0.39, 0.29) is 5.78 Å². The highest BCUT2D eigenvalue weighted by Crippen LogP contribution is 2.24. The van der Waals surface area contributed by atoms with Crippen LogP contribution in [0.15, 0.2) is 109 Å². The van der Waals surface area contributed by atoms with E-state index in [2.05, 4.69) is 137 Å². The first kappa shape index (κ1) is 26.5. The molecule has 0 amide bonds. The Morgan fingerprint density at radius 1 is 0.514 bits per heavy atom. The minimum atomic E-state index is 0.287. The van der Waals surface area contributed by atoms with Crippen LogP contribution in [0.2, 0.25) is 0 Å². The van der Waals surface area contributed by atoms with Gasteiger partial charge in [0.05, 0.1) is 28.2 Å². The van der Waals surface area contributed by atoms with Crippen LogP contribution in [0.4, 0.5) is 11.4 Å². The lowest BCUT2D eigenvalue weighted by Gasteiger charge is -2.29. The number of hydrogen-bond donors (Lipinski definition) is 0. The van der Waals surface area contributed by atoms with E-state index in [1.807, 2.05) is 0 Å². The Labute approximate surface area is 222 Å². The number of Topliss-reactive ketones (excluding diaryl/α,β-unsaturated/α-hetero) is 1. The zero-order valence-corrected chi connectivity index (χ0v) is 22.7. The molecule has 3 heteroatoms. The quantitative estimate of drug-likeness (QED) is 0.207. The van der Waals surface area contributed by atoms with Gasteiger partial charge in [0.1, 0.15) is 30.2 Å². The zero-order chi connectivity index (χ0) is 26.3. The largest absolute Gasteiger partial charge is 0.299 e. The third-order valence-corrected chi connectivity index (χ3v) is 7.21. The Morgan fingerprint density at radius 3 is 1.35 bits per heavy atom. The van der Waals surface area contributed by atoms with Gasteiger partial charge in [-0.15, -0.1) is 0 Å². The number of benzene rings is 4. The van der Waals surface area contributed by atoms with Gasteiger partial charge >= 0.3 is 0 Å². The normalized spacial score (nSPS) is 11.9. The Bertz CT molecular complexity index is 1280. The first-order valence-electron chi connectivity index (χ1n) is 13.2. The van der Waals surface area contributed by atoms with Crippen molar-refractivity contribution in [1.82, 2.24) is 8.97 Å². The van der Waals surface area contributed by atoms with E-state index >= 15 is 0 Å². The number of quaternary nitrogens is 2. The molecule has 0 spiro atoms. The van der Waals surface area contributed by atoms with E-state index in [1.54, 1.807) is 0 Å². The van der Waals surface area contributed by atoms with Crippen LogP contribution in [0, 0.1) is 0 Å². The number of rotatable bonds is 11. The number of ketones is 1. The Hall–Kier alpha value is -3.53. The molecule has 4 aromatic rings. The van der Waals surface area contributed by atoms with Crippen LogP contribution in [0.3, 0.4) is 0 Å². The van der Waals surface area contributed by atoms with Gasteiger partial charge in [0.2, 0.25) is 0 Å². The lowest BCUT2D eigenvalue weighted by Crippen LogP contribution is -2.39. The van der Waals surface area contributed by atoms with Crippen LogP contribution in [0.1, 0.15) is 28.7 Å². The second-order valence-corrected chi connectivity index (χ2v) is 11.2. The summed E-state index contributed by atoms with van der Waals surface area (Å²) in [5.41, 5.74) is 7.46. The molecule has 0 heterocycles. The monoisotopic (exact) mass is 492 g/mol. The summed E-state index contributed by atoms with van der Waals surface area (Å²) >= 11 is 0. The summed E-state index contributed by atoms with van der Waals surface area (Å²) in [5, 5.41) is 0. The standard InChI is InChI=1S/C34H40N2O/c1-35(2,26-30-11-7-5-8-12-30)32-20-15-28(16-21-32)19-24-34(37)25-29-17-22-33(23-18-29)36(3,4)27-31-13-9-6-10-14-31/h5-18,20-23H,19,24-27H2,1-4H3/q+2. The van der Waals surface area contributed by atoms with Crippen LogP contribution >= 0.6 is 0 Å². The van der Waals surface area contributed by atoms with E-state index in [4.69, 9.17) is 0 Å². The minimum Gasteiger partial charge on any atom is -0.299 e. The Morgan fingerprint density at radius 2 is 0.919 bits per heavy atom. The second-order valence-electron chi connectivity index (χ2n) is 11.2. The van der Waals surface area contributed by atoms with Crippen molar-refractivity contribution in [3.8, 4) is 0 Å². The smallest absolute Gasteiger partial charge is 0.137 e. The van der Waals surface area contributed by atoms with Crippen LogP contribution in [-0.2, 0) is 30.7 Å². The lowest BCUT2D eigenvalue weighted by atomic mass is 10.0. The van der Waals surface area contributed by atoms with E-state index < -0.39 is 0 Å². The molecule has 190 valence electrons. The van der Waals surface area contributed by atoms with Crippen LogP contribution in [0.5, 0.6) is 0 Å². The maximum absolute atomic E-state index is 12.7. The summed E-state index contributed by atoms with van der Waals surface area (Å²) in [7, 11) is 8.91. The molecule has 0 bridgehead atoms. The summed E-state index contributed by atoms with van der Waals surface area (Å²) in [6.07, 6.45) is 1.84. The zero-order valence-electron chi connectivity index (χ0n) is 22.7. The van der Waals surface area contributed by atoms with Crippen molar-refractivity contribution in [2.75, 3.05) is 28.2 Å². The van der Waals surface area contributed by atoms with Crippen LogP contribution < -0.4 is 8.97 Å². The molecule has 0 aliphatic carbocycles. The highest BCUT2D eigenvalue weighted by Gasteiger charge is 2.21. The van der Waals surface area contributed by atoms with Gasteiger partial charge in [-0.2, -0.15) is 0 Å². The average molecular weight is 493 g/mol. The van der Waals surface area contributed by atoms with Crippen molar-refractivity contribution >= 4 is 17.2 Å². The highest BCUT2D eigenvalue weighted by atomic mass is 16.1. The van der Waals surface area contributed by atoms with Crippen molar-refractivity contribution in [3.05, 3.63) is 131 Å². The van der Waals surface area contributed by atoms with Crippen molar-refractivity contribution < 1.29 is 4.79 Å². The van der Waals surface area contributed by atoms with Crippen molar-refractivity contribution in [2.24, 2.45) is 0 Å². The summed E-state index contributed by atoms with van der Waals surface area (Å²) in [6.45, 7) is 1.88. The molecule has 0 aromatic heterocycles. The van der Waals surface area contributed by atoms with Gasteiger partial charge in [-0.05, 0) is 41.8 Å². The third-order valence-electron chi connectivity index (χ3n) is 7.21. The van der Waals surface area contributed by atoms with E-state index in [9.17, 15) is 4.79 Å². The van der Waals surface area contributed by atoms with E-state index in [0.717, 1.165) is 34.0 Å². The average Bonchev–Trinajstić information content (AvgIpc) is 2.89. The molecule has 0 aliphatic rings. The SMILES string of the molecule is C[N+](C)(Cc1ccccc1)c1ccc(CCC(=O)Cc2ccc([N+](C)(C)Cc3ccccc3)cc2)cc1. The molecule has 0 atom stereocenters.